The van der Waals surface area contributed by atoms with E-state index in [-0.39, 0.29) is 17.9 Å². The van der Waals surface area contributed by atoms with Gasteiger partial charge in [0.05, 0.1) is 12.7 Å². The molecule has 1 N–H and O–H groups in total. The molecule has 0 bridgehead atoms. The summed E-state index contributed by atoms with van der Waals surface area (Å²) in [5.41, 5.74) is -0.0691. The van der Waals surface area contributed by atoms with Crippen molar-refractivity contribution < 1.29 is 19.1 Å². The molecule has 7 heteroatoms. The predicted octanol–water partition coefficient (Wildman–Crippen LogP) is 3.73. The minimum Gasteiger partial charge on any atom is -0.496 e. The van der Waals surface area contributed by atoms with Gasteiger partial charge in [0.15, 0.2) is 0 Å². The van der Waals surface area contributed by atoms with Crippen LogP contribution in [0.3, 0.4) is 0 Å². The largest absolute Gasteiger partial charge is 0.496 e. The van der Waals surface area contributed by atoms with Crippen molar-refractivity contribution in [1.29, 1.82) is 0 Å². The van der Waals surface area contributed by atoms with Gasteiger partial charge in [-0.25, -0.2) is 4.79 Å². The Morgan fingerprint density at radius 2 is 2.08 bits per heavy atom. The van der Waals surface area contributed by atoms with Gasteiger partial charge in [0.2, 0.25) is 0 Å². The van der Waals surface area contributed by atoms with E-state index in [1.807, 2.05) is 20.8 Å². The van der Waals surface area contributed by atoms with Crippen LogP contribution in [0.15, 0.2) is 18.2 Å². The van der Waals surface area contributed by atoms with Crippen molar-refractivity contribution >= 4 is 23.6 Å². The number of carbonyl (C=O) groups is 2. The van der Waals surface area contributed by atoms with Crippen molar-refractivity contribution in [1.82, 2.24) is 10.2 Å². The zero-order valence-corrected chi connectivity index (χ0v) is 16.6. The topological polar surface area (TPSA) is 67.9 Å². The Kier molecular flexibility index (Phi) is 6.75. The van der Waals surface area contributed by atoms with E-state index in [0.717, 1.165) is 12.8 Å². The molecule has 1 saturated heterocycles. The van der Waals surface area contributed by atoms with E-state index in [1.54, 1.807) is 23.1 Å². The van der Waals surface area contributed by atoms with Crippen molar-refractivity contribution in [3.63, 3.8) is 0 Å². The molecule has 144 valence electrons. The van der Waals surface area contributed by atoms with Gasteiger partial charge >= 0.3 is 6.09 Å². The number of amides is 2. The van der Waals surface area contributed by atoms with Gasteiger partial charge in [-0.1, -0.05) is 11.6 Å². The average molecular weight is 383 g/mol. The summed E-state index contributed by atoms with van der Waals surface area (Å²) in [7, 11) is 1.50. The van der Waals surface area contributed by atoms with Crippen LogP contribution in [0.25, 0.3) is 0 Å². The fraction of sp³-hybridized carbons (Fsp3) is 0.579. The number of carbonyl (C=O) groups excluding carboxylic acids is 2. The van der Waals surface area contributed by atoms with Crippen LogP contribution in [0, 0.1) is 5.92 Å². The van der Waals surface area contributed by atoms with Crippen LogP contribution in [0.4, 0.5) is 4.79 Å². The lowest BCUT2D eigenvalue weighted by Crippen LogP contribution is -2.45. The molecule has 0 radical (unpaired) electrons. The van der Waals surface area contributed by atoms with Gasteiger partial charge in [0.25, 0.3) is 5.91 Å². The molecule has 26 heavy (non-hydrogen) atoms. The summed E-state index contributed by atoms with van der Waals surface area (Å²) in [5.74, 6) is 0.417. The lowest BCUT2D eigenvalue weighted by atomic mass is 9.98. The molecule has 2 rings (SSSR count). The van der Waals surface area contributed by atoms with Crippen molar-refractivity contribution in [2.45, 2.75) is 39.2 Å². The molecule has 1 atom stereocenters. The van der Waals surface area contributed by atoms with Gasteiger partial charge in [-0.2, -0.15) is 0 Å². The van der Waals surface area contributed by atoms with Gasteiger partial charge in [-0.15, -0.1) is 0 Å². The smallest absolute Gasteiger partial charge is 0.410 e. The fourth-order valence-corrected chi connectivity index (χ4v) is 3.07. The third-order valence-electron chi connectivity index (χ3n) is 4.13. The quantitative estimate of drug-likeness (QED) is 0.861. The van der Waals surface area contributed by atoms with E-state index in [1.165, 1.54) is 7.11 Å². The van der Waals surface area contributed by atoms with Crippen molar-refractivity contribution in [3.8, 4) is 5.75 Å². The number of halogens is 1. The summed E-state index contributed by atoms with van der Waals surface area (Å²) in [6, 6.07) is 4.91. The van der Waals surface area contributed by atoms with Crippen molar-refractivity contribution in [2.24, 2.45) is 5.92 Å². The third kappa shape index (κ3) is 5.80. The molecule has 1 aromatic carbocycles. The number of nitrogens with zero attached hydrogens (tertiary/aromatic N) is 1. The Hall–Kier alpha value is -1.95. The van der Waals surface area contributed by atoms with E-state index in [4.69, 9.17) is 21.1 Å². The molecule has 1 aliphatic rings. The first-order valence-electron chi connectivity index (χ1n) is 8.79. The zero-order chi connectivity index (χ0) is 19.3. The molecular weight excluding hydrogens is 356 g/mol. The maximum atomic E-state index is 12.4. The summed E-state index contributed by atoms with van der Waals surface area (Å²) in [5, 5.41) is 3.44. The van der Waals surface area contributed by atoms with Crippen LogP contribution < -0.4 is 10.1 Å². The second-order valence-corrected chi connectivity index (χ2v) is 7.93. The van der Waals surface area contributed by atoms with Gasteiger partial charge in [0.1, 0.15) is 11.4 Å². The number of piperidine rings is 1. The Labute approximate surface area is 159 Å². The predicted molar refractivity (Wildman–Crippen MR) is 101 cm³/mol. The number of methoxy groups -OCH3 is 1. The average Bonchev–Trinajstić information content (AvgIpc) is 2.58. The molecule has 1 unspecified atom stereocenters. The Morgan fingerprint density at radius 1 is 1.35 bits per heavy atom. The van der Waals surface area contributed by atoms with Crippen LogP contribution in [0.2, 0.25) is 5.02 Å². The monoisotopic (exact) mass is 382 g/mol. The molecule has 0 saturated carbocycles. The third-order valence-corrected chi connectivity index (χ3v) is 4.37. The number of hydrogen-bond acceptors (Lipinski definition) is 4. The Morgan fingerprint density at radius 3 is 2.73 bits per heavy atom. The van der Waals surface area contributed by atoms with Crippen LogP contribution in [-0.2, 0) is 4.74 Å². The number of rotatable bonds is 4. The highest BCUT2D eigenvalue weighted by Gasteiger charge is 2.28. The van der Waals surface area contributed by atoms with Gasteiger partial charge < -0.3 is 19.7 Å². The highest BCUT2D eigenvalue weighted by atomic mass is 35.5. The standard InChI is InChI=1S/C19H27ClN2O4/c1-19(2,3)26-18(24)22-9-5-6-13(12-22)11-21-17(23)15-8-7-14(20)10-16(15)25-4/h7-8,10,13H,5-6,9,11-12H2,1-4H3,(H,21,23). The lowest BCUT2D eigenvalue weighted by molar-refractivity contribution is 0.0167. The SMILES string of the molecule is COc1cc(Cl)ccc1C(=O)NCC1CCCN(C(=O)OC(C)(C)C)C1. The van der Waals surface area contributed by atoms with Crippen LogP contribution in [-0.4, -0.2) is 49.2 Å². The minimum atomic E-state index is -0.511. The van der Waals surface area contributed by atoms with E-state index in [9.17, 15) is 9.59 Å². The molecule has 6 nitrogen and oxygen atoms in total. The summed E-state index contributed by atoms with van der Waals surface area (Å²) in [6.45, 7) is 7.31. The van der Waals surface area contributed by atoms with Gasteiger partial charge in [-0.05, 0) is 57.7 Å². The number of benzene rings is 1. The normalized spacial score (nSPS) is 17.6. The highest BCUT2D eigenvalue weighted by Crippen LogP contribution is 2.23. The van der Waals surface area contributed by atoms with E-state index >= 15 is 0 Å². The maximum absolute atomic E-state index is 12.4. The molecule has 1 heterocycles. The molecule has 0 spiro atoms. The first kappa shape index (κ1) is 20.4. The molecule has 1 aliphatic heterocycles. The zero-order valence-electron chi connectivity index (χ0n) is 15.8. The summed E-state index contributed by atoms with van der Waals surface area (Å²) in [4.78, 5) is 26.4. The van der Waals surface area contributed by atoms with E-state index < -0.39 is 5.60 Å². The molecule has 1 aromatic rings. The van der Waals surface area contributed by atoms with Crippen LogP contribution in [0.5, 0.6) is 5.75 Å². The maximum Gasteiger partial charge on any atom is 0.410 e. The van der Waals surface area contributed by atoms with Gasteiger partial charge in [-0.3, -0.25) is 4.79 Å². The first-order valence-corrected chi connectivity index (χ1v) is 9.17. The van der Waals surface area contributed by atoms with Gasteiger partial charge in [0, 0.05) is 24.7 Å². The number of likely N-dealkylation sites (tertiary alicyclic amines) is 1. The first-order chi connectivity index (χ1) is 12.2. The lowest BCUT2D eigenvalue weighted by Gasteiger charge is -2.34. The number of ether oxygens (including phenoxy) is 2. The van der Waals surface area contributed by atoms with E-state index in [0.29, 0.717) is 36.0 Å². The Balaban J connectivity index is 1.91. The molecule has 0 aliphatic carbocycles. The molecular formula is C19H27ClN2O4. The number of hydrogen-bond donors (Lipinski definition) is 1. The molecule has 0 aromatic heterocycles. The van der Waals surface area contributed by atoms with Crippen molar-refractivity contribution in [3.05, 3.63) is 28.8 Å². The highest BCUT2D eigenvalue weighted by molar-refractivity contribution is 6.30. The van der Waals surface area contributed by atoms with Crippen molar-refractivity contribution in [2.75, 3.05) is 26.7 Å². The van der Waals surface area contributed by atoms with Crippen LogP contribution >= 0.6 is 11.6 Å². The molecule has 1 fully saturated rings. The fourth-order valence-electron chi connectivity index (χ4n) is 2.91. The van der Waals surface area contributed by atoms with Crippen LogP contribution in [0.1, 0.15) is 44.0 Å². The minimum absolute atomic E-state index is 0.193. The second-order valence-electron chi connectivity index (χ2n) is 7.49. The summed E-state index contributed by atoms with van der Waals surface area (Å²) >= 11 is 5.93. The van der Waals surface area contributed by atoms with E-state index in [2.05, 4.69) is 5.32 Å². The Bertz CT molecular complexity index is 657. The summed E-state index contributed by atoms with van der Waals surface area (Å²) < 4.78 is 10.7. The summed E-state index contributed by atoms with van der Waals surface area (Å²) in [6.07, 6.45) is 1.55. The second kappa shape index (κ2) is 8.62. The number of nitrogens with one attached hydrogen (secondary N) is 1. The molecule has 2 amide bonds.